The molecule has 1 N–H and O–H groups in total. The van der Waals surface area contributed by atoms with Gasteiger partial charge in [0.1, 0.15) is 6.54 Å². The molecule has 0 aliphatic carbocycles. The summed E-state index contributed by atoms with van der Waals surface area (Å²) in [6.07, 6.45) is -4.55. The van der Waals surface area contributed by atoms with Gasteiger partial charge in [0.2, 0.25) is 0 Å². The average molecular weight is 326 g/mol. The fourth-order valence-corrected chi connectivity index (χ4v) is 2.35. The van der Waals surface area contributed by atoms with Crippen LogP contribution in [0.4, 0.5) is 13.2 Å². The normalized spacial score (nSPS) is 12.5. The average Bonchev–Trinajstić information content (AvgIpc) is 2.43. The number of nitrogens with one attached hydrogen (secondary N) is 1. The molecule has 0 aliphatic rings. The van der Waals surface area contributed by atoms with Crippen LogP contribution in [0.25, 0.3) is 0 Å². The van der Waals surface area contributed by atoms with Crippen molar-refractivity contribution in [1.82, 2.24) is 9.79 Å². The van der Waals surface area contributed by atoms with Crippen molar-refractivity contribution >= 4 is 15.9 Å². The summed E-state index contributed by atoms with van der Waals surface area (Å²) >= 11 is 0. The number of alkyl halides is 3. The van der Waals surface area contributed by atoms with Crippen LogP contribution >= 0.6 is 0 Å². The Morgan fingerprint density at radius 1 is 1.38 bits per heavy atom. The molecule has 10 heteroatoms. The van der Waals surface area contributed by atoms with Crippen molar-refractivity contribution in [3.63, 3.8) is 0 Å². The second-order valence-corrected chi connectivity index (χ2v) is 5.86. The van der Waals surface area contributed by atoms with Crippen LogP contribution in [0.15, 0.2) is 29.2 Å². The van der Waals surface area contributed by atoms with Crippen molar-refractivity contribution in [2.24, 2.45) is 0 Å². The maximum absolute atomic E-state index is 12.0. The lowest BCUT2D eigenvalue weighted by Gasteiger charge is -2.14. The molecule has 0 fully saturated rings. The number of amides is 1. The van der Waals surface area contributed by atoms with Crippen molar-refractivity contribution in [3.8, 4) is 0 Å². The second-order valence-electron chi connectivity index (χ2n) is 3.92. The van der Waals surface area contributed by atoms with Crippen LogP contribution in [0.2, 0.25) is 0 Å². The monoisotopic (exact) mass is 326 g/mol. The molecule has 0 aromatic heterocycles. The van der Waals surface area contributed by atoms with Crippen LogP contribution in [0.3, 0.4) is 0 Å². The van der Waals surface area contributed by atoms with Gasteiger partial charge in [-0.2, -0.15) is 13.2 Å². The molecule has 0 atom stereocenters. The first kappa shape index (κ1) is 17.4. The van der Waals surface area contributed by atoms with Gasteiger partial charge in [-0.15, -0.1) is 0 Å². The molecular weight excluding hydrogens is 313 g/mol. The van der Waals surface area contributed by atoms with E-state index in [9.17, 15) is 26.4 Å². The maximum Gasteiger partial charge on any atom is 0.405 e. The minimum atomic E-state index is -4.55. The summed E-state index contributed by atoms with van der Waals surface area (Å²) in [4.78, 5) is 15.8. The van der Waals surface area contributed by atoms with E-state index in [1.165, 1.54) is 18.2 Å². The highest BCUT2D eigenvalue weighted by Gasteiger charge is 2.28. The Labute approximate surface area is 119 Å². The highest BCUT2D eigenvalue weighted by atomic mass is 32.2. The molecule has 0 spiro atoms. The first-order chi connectivity index (χ1) is 9.58. The highest BCUT2D eigenvalue weighted by molar-refractivity contribution is 7.89. The number of benzene rings is 1. The van der Waals surface area contributed by atoms with E-state index in [1.54, 1.807) is 5.32 Å². The number of rotatable bonds is 5. The quantitative estimate of drug-likeness (QED) is 0.824. The topological polar surface area (TPSA) is 75.7 Å². The van der Waals surface area contributed by atoms with E-state index in [0.717, 1.165) is 20.2 Å². The van der Waals surface area contributed by atoms with Gasteiger partial charge < -0.3 is 5.32 Å². The van der Waals surface area contributed by atoms with E-state index in [1.807, 2.05) is 0 Å². The van der Waals surface area contributed by atoms with Crippen LogP contribution in [0.1, 0.15) is 10.4 Å². The molecule has 1 aromatic carbocycles. The Kier molecular flexibility index (Phi) is 5.31. The molecule has 118 valence electrons. The third-order valence-corrected chi connectivity index (χ3v) is 4.11. The zero-order valence-corrected chi connectivity index (χ0v) is 12.0. The van der Waals surface area contributed by atoms with E-state index >= 15 is 0 Å². The van der Waals surface area contributed by atoms with E-state index < -0.39 is 28.7 Å². The number of hydroxylamine groups is 1. The number of hydrogen-bond donors (Lipinski definition) is 1. The Morgan fingerprint density at radius 3 is 2.52 bits per heavy atom. The lowest BCUT2D eigenvalue weighted by atomic mass is 10.2. The number of nitrogens with zero attached hydrogens (tertiary/aromatic N) is 1. The van der Waals surface area contributed by atoms with Gasteiger partial charge in [-0.05, 0) is 18.2 Å². The Balaban J connectivity index is 2.99. The molecule has 0 saturated heterocycles. The van der Waals surface area contributed by atoms with E-state index in [0.29, 0.717) is 4.47 Å². The van der Waals surface area contributed by atoms with Crippen molar-refractivity contribution < 1.29 is 31.2 Å². The molecule has 21 heavy (non-hydrogen) atoms. The Hall–Kier alpha value is -1.65. The Morgan fingerprint density at radius 2 is 2.00 bits per heavy atom. The molecule has 0 saturated carbocycles. The molecule has 0 aliphatic heterocycles. The zero-order valence-electron chi connectivity index (χ0n) is 11.1. The molecule has 0 heterocycles. The molecule has 0 radical (unpaired) electrons. The number of carbonyl (C=O) groups is 1. The summed E-state index contributed by atoms with van der Waals surface area (Å²) in [6.45, 7) is -1.50. The van der Waals surface area contributed by atoms with Gasteiger partial charge in [0.25, 0.3) is 15.9 Å². The first-order valence-electron chi connectivity index (χ1n) is 5.56. The summed E-state index contributed by atoms with van der Waals surface area (Å²) in [5.41, 5.74) is -0.204. The highest BCUT2D eigenvalue weighted by Crippen LogP contribution is 2.17. The SMILES string of the molecule is CON(C)S(=O)(=O)c1cccc(C(=O)NCC(F)(F)F)c1. The Bertz CT molecular complexity index is 616. The van der Waals surface area contributed by atoms with Gasteiger partial charge in [0.15, 0.2) is 0 Å². The summed E-state index contributed by atoms with van der Waals surface area (Å²) in [6, 6.07) is 4.62. The minimum Gasteiger partial charge on any atom is -0.343 e. The smallest absolute Gasteiger partial charge is 0.343 e. The van der Waals surface area contributed by atoms with Gasteiger partial charge in [-0.1, -0.05) is 10.5 Å². The first-order valence-corrected chi connectivity index (χ1v) is 7.00. The fourth-order valence-electron chi connectivity index (χ4n) is 1.33. The van der Waals surface area contributed by atoms with Crippen LogP contribution in [-0.4, -0.2) is 45.7 Å². The van der Waals surface area contributed by atoms with Gasteiger partial charge in [0.05, 0.1) is 12.0 Å². The number of halogens is 3. The van der Waals surface area contributed by atoms with Gasteiger partial charge in [-0.25, -0.2) is 8.42 Å². The van der Waals surface area contributed by atoms with Gasteiger partial charge in [0, 0.05) is 12.6 Å². The van der Waals surface area contributed by atoms with E-state index in [-0.39, 0.29) is 10.5 Å². The summed E-state index contributed by atoms with van der Waals surface area (Å²) < 4.78 is 60.5. The van der Waals surface area contributed by atoms with Crippen molar-refractivity contribution in [2.45, 2.75) is 11.1 Å². The number of carbonyl (C=O) groups excluding carboxylic acids is 1. The maximum atomic E-state index is 12.0. The molecule has 0 unspecified atom stereocenters. The predicted octanol–water partition coefficient (Wildman–Crippen LogP) is 1.16. The fraction of sp³-hybridized carbons (Fsp3) is 0.364. The lowest BCUT2D eigenvalue weighted by molar-refractivity contribution is -0.123. The van der Waals surface area contributed by atoms with Crippen molar-refractivity contribution in [1.29, 1.82) is 0 Å². The molecule has 1 rings (SSSR count). The lowest BCUT2D eigenvalue weighted by Crippen LogP contribution is -2.34. The third-order valence-electron chi connectivity index (χ3n) is 2.44. The number of hydrogen-bond acceptors (Lipinski definition) is 4. The standard InChI is InChI=1S/C11H13F3N2O4S/c1-16(20-2)21(18,19)9-5-3-4-8(6-9)10(17)15-7-11(12,13)14/h3-6H,7H2,1-2H3,(H,15,17). The minimum absolute atomic E-state index is 0.204. The third kappa shape index (κ3) is 4.69. The van der Waals surface area contributed by atoms with Gasteiger partial charge >= 0.3 is 6.18 Å². The van der Waals surface area contributed by atoms with Crippen LogP contribution in [0.5, 0.6) is 0 Å². The van der Waals surface area contributed by atoms with Crippen LogP contribution < -0.4 is 5.32 Å². The van der Waals surface area contributed by atoms with E-state index in [2.05, 4.69) is 4.84 Å². The predicted molar refractivity (Wildman–Crippen MR) is 66.8 cm³/mol. The summed E-state index contributed by atoms with van der Waals surface area (Å²) in [7, 11) is -1.70. The van der Waals surface area contributed by atoms with Crippen LogP contribution in [-0.2, 0) is 14.9 Å². The van der Waals surface area contributed by atoms with Crippen molar-refractivity contribution in [3.05, 3.63) is 29.8 Å². The zero-order chi connectivity index (χ0) is 16.3. The van der Waals surface area contributed by atoms with Crippen molar-refractivity contribution in [2.75, 3.05) is 20.7 Å². The van der Waals surface area contributed by atoms with Gasteiger partial charge in [-0.3, -0.25) is 9.63 Å². The molecule has 6 nitrogen and oxygen atoms in total. The summed E-state index contributed by atoms with van der Waals surface area (Å²) in [5, 5.41) is 1.66. The molecule has 1 aromatic rings. The summed E-state index contributed by atoms with van der Waals surface area (Å²) in [5.74, 6) is -1.02. The van der Waals surface area contributed by atoms with Crippen LogP contribution in [0, 0.1) is 0 Å². The molecule has 0 bridgehead atoms. The van der Waals surface area contributed by atoms with E-state index in [4.69, 9.17) is 0 Å². The molecular formula is C11H13F3N2O4S. The second kappa shape index (κ2) is 6.41. The molecule has 1 amide bonds. The number of sulfonamides is 1. The largest absolute Gasteiger partial charge is 0.405 e.